The Balaban J connectivity index is 1.90. The van der Waals surface area contributed by atoms with Gasteiger partial charge in [-0.05, 0) is 13.8 Å². The zero-order valence-electron chi connectivity index (χ0n) is 12.9. The van der Waals surface area contributed by atoms with Crippen LogP contribution in [0.4, 0.5) is 18.0 Å². The fraction of sp³-hybridized carbons (Fsp3) is 0.643. The molecule has 0 aliphatic carbocycles. The summed E-state index contributed by atoms with van der Waals surface area (Å²) in [6.45, 7) is 2.92. The summed E-state index contributed by atoms with van der Waals surface area (Å²) in [7, 11) is 0. The van der Waals surface area contributed by atoms with Gasteiger partial charge in [-0.2, -0.15) is 13.2 Å². The van der Waals surface area contributed by atoms with E-state index in [1.165, 1.54) is 26.2 Å². The smallest absolute Gasteiger partial charge is 0.359 e. The molecule has 0 saturated carbocycles. The SMILES string of the molecule is CC1(C)CN(C(=O)NCCc2cnccn2)CC(C(F)(F)F)O1. The Hall–Kier alpha value is -1.90. The van der Waals surface area contributed by atoms with E-state index in [-0.39, 0.29) is 13.1 Å². The average molecular weight is 332 g/mol. The summed E-state index contributed by atoms with van der Waals surface area (Å²) < 4.78 is 43.7. The molecule has 1 saturated heterocycles. The normalized spacial score (nSPS) is 21.1. The minimum atomic E-state index is -4.50. The van der Waals surface area contributed by atoms with Crippen LogP contribution >= 0.6 is 0 Å². The van der Waals surface area contributed by atoms with Gasteiger partial charge in [0.2, 0.25) is 0 Å². The fourth-order valence-electron chi connectivity index (χ4n) is 2.38. The van der Waals surface area contributed by atoms with Crippen molar-refractivity contribution in [1.29, 1.82) is 0 Å². The number of halogens is 3. The van der Waals surface area contributed by atoms with E-state index in [1.807, 2.05) is 0 Å². The molecule has 0 bridgehead atoms. The lowest BCUT2D eigenvalue weighted by Gasteiger charge is -2.43. The van der Waals surface area contributed by atoms with Gasteiger partial charge in [-0.3, -0.25) is 9.97 Å². The molecule has 1 N–H and O–H groups in total. The Kier molecular flexibility index (Phi) is 5.08. The van der Waals surface area contributed by atoms with E-state index in [4.69, 9.17) is 4.74 Å². The number of urea groups is 1. The van der Waals surface area contributed by atoms with Gasteiger partial charge in [-0.25, -0.2) is 4.79 Å². The van der Waals surface area contributed by atoms with Crippen molar-refractivity contribution < 1.29 is 22.7 Å². The Bertz CT molecular complexity index is 537. The van der Waals surface area contributed by atoms with Crippen LogP contribution in [-0.4, -0.2) is 58.4 Å². The van der Waals surface area contributed by atoms with E-state index in [0.717, 1.165) is 4.90 Å². The summed E-state index contributed by atoms with van der Waals surface area (Å²) in [5, 5.41) is 2.61. The maximum absolute atomic E-state index is 12.9. The molecule has 1 aliphatic rings. The highest BCUT2D eigenvalue weighted by Crippen LogP contribution is 2.31. The summed E-state index contributed by atoms with van der Waals surface area (Å²) in [5.74, 6) is 0. The molecule has 1 aromatic heterocycles. The molecule has 1 atom stereocenters. The maximum atomic E-state index is 12.9. The second-order valence-electron chi connectivity index (χ2n) is 5.97. The first kappa shape index (κ1) is 17.5. The number of carbonyl (C=O) groups is 1. The summed E-state index contributed by atoms with van der Waals surface area (Å²) in [6.07, 6.45) is -1.38. The lowest BCUT2D eigenvalue weighted by atomic mass is 10.1. The largest absolute Gasteiger partial charge is 0.416 e. The highest BCUT2D eigenvalue weighted by molar-refractivity contribution is 5.74. The number of nitrogens with zero attached hydrogens (tertiary/aromatic N) is 3. The molecular formula is C14H19F3N4O2. The van der Waals surface area contributed by atoms with E-state index in [2.05, 4.69) is 15.3 Å². The molecule has 1 unspecified atom stereocenters. The molecule has 6 nitrogen and oxygen atoms in total. The number of morpholine rings is 1. The standard InChI is InChI=1S/C14H19F3N4O2/c1-13(2)9-21(8-11(23-13)14(15,16)17)12(22)20-4-3-10-7-18-5-6-19-10/h5-7,11H,3-4,8-9H2,1-2H3,(H,20,22). The molecule has 23 heavy (non-hydrogen) atoms. The van der Waals surface area contributed by atoms with Gasteiger partial charge in [0, 0.05) is 31.6 Å². The number of aromatic nitrogens is 2. The van der Waals surface area contributed by atoms with Crippen molar-refractivity contribution in [3.63, 3.8) is 0 Å². The summed E-state index contributed by atoms with van der Waals surface area (Å²) >= 11 is 0. The summed E-state index contributed by atoms with van der Waals surface area (Å²) in [4.78, 5) is 21.2. The second-order valence-corrected chi connectivity index (χ2v) is 5.97. The molecule has 1 fully saturated rings. The number of rotatable bonds is 3. The molecule has 0 radical (unpaired) electrons. The number of carbonyl (C=O) groups excluding carboxylic acids is 1. The molecule has 9 heteroatoms. The van der Waals surface area contributed by atoms with E-state index in [0.29, 0.717) is 12.1 Å². The lowest BCUT2D eigenvalue weighted by Crippen LogP contribution is -2.60. The van der Waals surface area contributed by atoms with Gasteiger partial charge in [0.15, 0.2) is 6.10 Å². The number of hydrogen-bond acceptors (Lipinski definition) is 4. The van der Waals surface area contributed by atoms with Crippen molar-refractivity contribution in [1.82, 2.24) is 20.2 Å². The molecule has 0 spiro atoms. The molecule has 2 amide bonds. The van der Waals surface area contributed by atoms with Crippen molar-refractivity contribution in [3.05, 3.63) is 24.3 Å². The minimum Gasteiger partial charge on any atom is -0.359 e. The number of hydrogen-bond donors (Lipinski definition) is 1. The zero-order valence-corrected chi connectivity index (χ0v) is 12.9. The molecule has 1 aliphatic heterocycles. The van der Waals surface area contributed by atoms with Crippen LogP contribution in [-0.2, 0) is 11.2 Å². The van der Waals surface area contributed by atoms with Crippen LogP contribution in [0.3, 0.4) is 0 Å². The van der Waals surface area contributed by atoms with Gasteiger partial charge in [0.1, 0.15) is 0 Å². The number of nitrogens with one attached hydrogen (secondary N) is 1. The maximum Gasteiger partial charge on any atom is 0.416 e. The second kappa shape index (κ2) is 6.69. The number of ether oxygens (including phenoxy) is 1. The highest BCUT2D eigenvalue weighted by Gasteiger charge is 2.49. The Morgan fingerprint density at radius 1 is 1.48 bits per heavy atom. The van der Waals surface area contributed by atoms with Crippen molar-refractivity contribution in [3.8, 4) is 0 Å². The fourth-order valence-corrected chi connectivity index (χ4v) is 2.38. The van der Waals surface area contributed by atoms with E-state index in [9.17, 15) is 18.0 Å². The molecular weight excluding hydrogens is 313 g/mol. The Labute approximate surface area is 132 Å². The van der Waals surface area contributed by atoms with Gasteiger partial charge >= 0.3 is 12.2 Å². The van der Waals surface area contributed by atoms with Crippen molar-refractivity contribution in [2.24, 2.45) is 0 Å². The monoisotopic (exact) mass is 332 g/mol. The Morgan fingerprint density at radius 2 is 2.22 bits per heavy atom. The predicted molar refractivity (Wildman–Crippen MR) is 75.7 cm³/mol. The first-order valence-electron chi connectivity index (χ1n) is 7.19. The van der Waals surface area contributed by atoms with Crippen LogP contribution in [0.25, 0.3) is 0 Å². The van der Waals surface area contributed by atoms with Gasteiger partial charge in [-0.1, -0.05) is 0 Å². The first-order chi connectivity index (χ1) is 10.7. The van der Waals surface area contributed by atoms with E-state index >= 15 is 0 Å². The summed E-state index contributed by atoms with van der Waals surface area (Å²) in [5.41, 5.74) is -0.357. The van der Waals surface area contributed by atoms with E-state index in [1.54, 1.807) is 6.20 Å². The van der Waals surface area contributed by atoms with Crippen molar-refractivity contribution >= 4 is 6.03 Å². The third-order valence-electron chi connectivity index (χ3n) is 3.35. The van der Waals surface area contributed by atoms with Gasteiger partial charge in [0.25, 0.3) is 0 Å². The number of alkyl halides is 3. The molecule has 2 rings (SSSR count). The zero-order chi connectivity index (χ0) is 17.1. The quantitative estimate of drug-likeness (QED) is 0.916. The average Bonchev–Trinajstić information content (AvgIpc) is 2.45. The lowest BCUT2D eigenvalue weighted by molar-refractivity contribution is -0.267. The third-order valence-corrected chi connectivity index (χ3v) is 3.35. The molecule has 0 aromatic carbocycles. The van der Waals surface area contributed by atoms with Crippen molar-refractivity contribution in [2.75, 3.05) is 19.6 Å². The number of amides is 2. The van der Waals surface area contributed by atoms with Gasteiger partial charge in [-0.15, -0.1) is 0 Å². The third kappa shape index (κ3) is 5.05. The van der Waals surface area contributed by atoms with Gasteiger partial charge in [0.05, 0.1) is 24.4 Å². The van der Waals surface area contributed by atoms with Crippen LogP contribution < -0.4 is 5.32 Å². The highest BCUT2D eigenvalue weighted by atomic mass is 19.4. The Morgan fingerprint density at radius 3 is 2.83 bits per heavy atom. The van der Waals surface area contributed by atoms with Crippen LogP contribution in [0.15, 0.2) is 18.6 Å². The van der Waals surface area contributed by atoms with Crippen LogP contribution in [0.1, 0.15) is 19.5 Å². The van der Waals surface area contributed by atoms with Crippen LogP contribution in [0, 0.1) is 0 Å². The van der Waals surface area contributed by atoms with E-state index < -0.39 is 30.5 Å². The van der Waals surface area contributed by atoms with Crippen molar-refractivity contribution in [2.45, 2.75) is 38.1 Å². The van der Waals surface area contributed by atoms with Crippen LogP contribution in [0.2, 0.25) is 0 Å². The summed E-state index contributed by atoms with van der Waals surface area (Å²) in [6, 6.07) is -0.542. The van der Waals surface area contributed by atoms with Crippen LogP contribution in [0.5, 0.6) is 0 Å². The molecule has 128 valence electrons. The minimum absolute atomic E-state index is 0.0938. The molecule has 2 heterocycles. The first-order valence-corrected chi connectivity index (χ1v) is 7.19. The topological polar surface area (TPSA) is 67.4 Å². The van der Waals surface area contributed by atoms with Gasteiger partial charge < -0.3 is 15.0 Å². The molecule has 1 aromatic rings. The predicted octanol–water partition coefficient (Wildman–Crippen LogP) is 1.77.